The summed E-state index contributed by atoms with van der Waals surface area (Å²) in [5.74, 6) is -0.344. The molecule has 11 heteroatoms. The van der Waals surface area contributed by atoms with Crippen LogP contribution < -0.4 is 21.7 Å². The SMILES string of the molecule is NCC1CCN(C2NC(c3ccc(Cl)c(C(F)(F)F)c3)NCC2CNC(=O)C2(F)CC2)C1. The lowest BCUT2D eigenvalue weighted by Gasteiger charge is -2.43. The van der Waals surface area contributed by atoms with Gasteiger partial charge in [0.2, 0.25) is 0 Å². The minimum atomic E-state index is -4.55. The molecule has 3 aliphatic rings. The Bertz CT molecular complexity index is 850. The molecule has 178 valence electrons. The van der Waals surface area contributed by atoms with Gasteiger partial charge in [-0.15, -0.1) is 0 Å². The fourth-order valence-corrected chi connectivity index (χ4v) is 4.74. The Morgan fingerprint density at radius 1 is 1.34 bits per heavy atom. The highest BCUT2D eigenvalue weighted by atomic mass is 35.5. The molecule has 5 N–H and O–H groups in total. The number of rotatable bonds is 6. The van der Waals surface area contributed by atoms with Crippen LogP contribution in [-0.4, -0.2) is 55.4 Å². The number of likely N-dealkylation sites (tertiary alicyclic amines) is 1. The number of amides is 1. The number of benzene rings is 1. The molecule has 32 heavy (non-hydrogen) atoms. The number of hydrogen-bond acceptors (Lipinski definition) is 5. The second-order valence-electron chi connectivity index (χ2n) is 9.01. The molecule has 0 aromatic heterocycles. The van der Waals surface area contributed by atoms with E-state index in [-0.39, 0.29) is 36.5 Å². The number of nitrogens with zero attached hydrogens (tertiary/aromatic N) is 1. The second kappa shape index (κ2) is 9.06. The molecule has 4 rings (SSSR count). The number of carbonyl (C=O) groups is 1. The van der Waals surface area contributed by atoms with Gasteiger partial charge in [0.05, 0.1) is 22.9 Å². The molecule has 4 atom stereocenters. The summed E-state index contributed by atoms with van der Waals surface area (Å²) in [5, 5.41) is 8.99. The van der Waals surface area contributed by atoms with Crippen molar-refractivity contribution in [2.45, 2.75) is 43.4 Å². The van der Waals surface area contributed by atoms with Gasteiger partial charge in [0.15, 0.2) is 5.67 Å². The number of carbonyl (C=O) groups excluding carboxylic acids is 1. The third kappa shape index (κ3) is 5.04. The van der Waals surface area contributed by atoms with Crippen LogP contribution in [-0.2, 0) is 11.0 Å². The van der Waals surface area contributed by atoms with E-state index >= 15 is 0 Å². The molecule has 2 aliphatic heterocycles. The molecule has 1 aliphatic carbocycles. The van der Waals surface area contributed by atoms with Gasteiger partial charge in [-0.2, -0.15) is 13.2 Å². The third-order valence-corrected chi connectivity index (χ3v) is 6.99. The van der Waals surface area contributed by atoms with Crippen LogP contribution in [0.3, 0.4) is 0 Å². The number of hydrogen-bond donors (Lipinski definition) is 4. The molecule has 1 aromatic carbocycles. The van der Waals surface area contributed by atoms with Gasteiger partial charge in [-0.1, -0.05) is 17.7 Å². The minimum Gasteiger partial charge on any atom is -0.353 e. The summed E-state index contributed by atoms with van der Waals surface area (Å²) < 4.78 is 54.0. The number of nitrogens with one attached hydrogen (secondary N) is 3. The van der Waals surface area contributed by atoms with Crippen LogP contribution in [0.4, 0.5) is 17.6 Å². The summed E-state index contributed by atoms with van der Waals surface area (Å²) in [4.78, 5) is 14.3. The zero-order valence-corrected chi connectivity index (χ0v) is 18.3. The molecule has 6 nitrogen and oxygen atoms in total. The van der Waals surface area contributed by atoms with Crippen LogP contribution in [0.5, 0.6) is 0 Å². The summed E-state index contributed by atoms with van der Waals surface area (Å²) in [6, 6.07) is 3.87. The average molecular weight is 478 g/mol. The maximum absolute atomic E-state index is 14.0. The van der Waals surface area contributed by atoms with Crippen molar-refractivity contribution in [1.82, 2.24) is 20.9 Å². The van der Waals surface area contributed by atoms with Crippen LogP contribution in [0.1, 0.15) is 36.6 Å². The normalized spacial score (nSPS) is 30.3. The number of halogens is 5. The van der Waals surface area contributed by atoms with Crippen LogP contribution >= 0.6 is 11.6 Å². The van der Waals surface area contributed by atoms with Crippen molar-refractivity contribution < 1.29 is 22.4 Å². The molecule has 3 fully saturated rings. The minimum absolute atomic E-state index is 0.0940. The predicted molar refractivity (Wildman–Crippen MR) is 112 cm³/mol. The van der Waals surface area contributed by atoms with Gasteiger partial charge in [0, 0.05) is 32.1 Å². The highest BCUT2D eigenvalue weighted by molar-refractivity contribution is 6.31. The lowest BCUT2D eigenvalue weighted by atomic mass is 9.98. The Labute approximate surface area is 189 Å². The van der Waals surface area contributed by atoms with Crippen molar-refractivity contribution in [3.8, 4) is 0 Å². The summed E-state index contributed by atoms with van der Waals surface area (Å²) in [6.45, 7) is 2.81. The lowest BCUT2D eigenvalue weighted by Crippen LogP contribution is -2.62. The van der Waals surface area contributed by atoms with Crippen molar-refractivity contribution in [1.29, 1.82) is 0 Å². The molecule has 2 heterocycles. The largest absolute Gasteiger partial charge is 0.417 e. The Balaban J connectivity index is 1.50. The van der Waals surface area contributed by atoms with Gasteiger partial charge >= 0.3 is 6.18 Å². The van der Waals surface area contributed by atoms with E-state index in [1.54, 1.807) is 6.07 Å². The van der Waals surface area contributed by atoms with E-state index < -0.39 is 29.5 Å². The van der Waals surface area contributed by atoms with E-state index in [1.165, 1.54) is 6.07 Å². The molecular weight excluding hydrogens is 450 g/mol. The maximum Gasteiger partial charge on any atom is 0.417 e. The van der Waals surface area contributed by atoms with E-state index in [1.807, 2.05) is 0 Å². The van der Waals surface area contributed by atoms with Crippen molar-refractivity contribution in [2.75, 3.05) is 32.7 Å². The van der Waals surface area contributed by atoms with E-state index in [2.05, 4.69) is 20.9 Å². The zero-order valence-electron chi connectivity index (χ0n) is 17.5. The van der Waals surface area contributed by atoms with E-state index in [0.29, 0.717) is 24.6 Å². The Hall–Kier alpha value is -1.46. The highest BCUT2D eigenvalue weighted by Crippen LogP contribution is 2.40. The van der Waals surface area contributed by atoms with Gasteiger partial charge in [-0.05, 0) is 49.4 Å². The Kier molecular flexibility index (Phi) is 6.71. The molecular formula is C21H28ClF4N5O. The van der Waals surface area contributed by atoms with E-state index in [0.717, 1.165) is 25.6 Å². The van der Waals surface area contributed by atoms with Gasteiger partial charge < -0.3 is 11.1 Å². The molecule has 0 radical (unpaired) electrons. The second-order valence-corrected chi connectivity index (χ2v) is 9.42. The summed E-state index contributed by atoms with van der Waals surface area (Å²) in [6.07, 6.45) is -3.88. The van der Waals surface area contributed by atoms with E-state index in [9.17, 15) is 22.4 Å². The van der Waals surface area contributed by atoms with Crippen molar-refractivity contribution in [2.24, 2.45) is 17.6 Å². The topological polar surface area (TPSA) is 82.4 Å². The van der Waals surface area contributed by atoms with Crippen LogP contribution in [0.15, 0.2) is 18.2 Å². The first-order valence-electron chi connectivity index (χ1n) is 10.9. The zero-order chi connectivity index (χ0) is 23.1. The monoisotopic (exact) mass is 477 g/mol. The lowest BCUT2D eigenvalue weighted by molar-refractivity contribution is -0.137. The summed E-state index contributed by atoms with van der Waals surface area (Å²) in [7, 11) is 0. The summed E-state index contributed by atoms with van der Waals surface area (Å²) in [5.41, 5.74) is 3.62. The fraction of sp³-hybridized carbons (Fsp3) is 0.667. The van der Waals surface area contributed by atoms with Crippen LogP contribution in [0, 0.1) is 11.8 Å². The Morgan fingerprint density at radius 3 is 2.72 bits per heavy atom. The first-order chi connectivity index (χ1) is 15.1. The highest BCUT2D eigenvalue weighted by Gasteiger charge is 2.51. The van der Waals surface area contributed by atoms with Gasteiger partial charge in [-0.3, -0.25) is 20.3 Å². The third-order valence-electron chi connectivity index (χ3n) is 6.66. The molecule has 0 spiro atoms. The summed E-state index contributed by atoms with van der Waals surface area (Å²) >= 11 is 5.77. The molecule has 1 aromatic rings. The Morgan fingerprint density at radius 2 is 2.09 bits per heavy atom. The predicted octanol–water partition coefficient (Wildman–Crippen LogP) is 2.39. The molecule has 2 saturated heterocycles. The van der Waals surface area contributed by atoms with Gasteiger partial charge in [-0.25, -0.2) is 4.39 Å². The molecule has 0 bridgehead atoms. The molecule has 4 unspecified atom stereocenters. The first-order valence-corrected chi connectivity index (χ1v) is 11.3. The molecule has 1 amide bonds. The number of nitrogens with two attached hydrogens (primary N) is 1. The van der Waals surface area contributed by atoms with Crippen LogP contribution in [0.2, 0.25) is 5.02 Å². The smallest absolute Gasteiger partial charge is 0.353 e. The quantitative estimate of drug-likeness (QED) is 0.473. The van der Waals surface area contributed by atoms with Gasteiger partial charge in [0.1, 0.15) is 0 Å². The number of alkyl halides is 4. The van der Waals surface area contributed by atoms with Crippen LogP contribution in [0.25, 0.3) is 0 Å². The van der Waals surface area contributed by atoms with Crippen molar-refractivity contribution >= 4 is 17.5 Å². The average Bonchev–Trinajstić information content (AvgIpc) is 3.33. The van der Waals surface area contributed by atoms with Crippen molar-refractivity contribution in [3.63, 3.8) is 0 Å². The first kappa shape index (κ1) is 23.7. The van der Waals surface area contributed by atoms with E-state index in [4.69, 9.17) is 17.3 Å². The fourth-order valence-electron chi connectivity index (χ4n) is 4.51. The molecule has 1 saturated carbocycles. The maximum atomic E-state index is 14.0. The standard InChI is InChI=1S/C21H28ClF4N5O/c22-16-2-1-13(7-15(16)21(24,25)26)17-28-9-14(10-29-19(32)20(23)4-5-20)18(30-17)31-6-3-12(8-27)11-31/h1-2,7,12,14,17-18,28,30H,3-6,8-11,27H2,(H,29,32). The van der Waals surface area contributed by atoms with Gasteiger partial charge in [0.25, 0.3) is 5.91 Å². The van der Waals surface area contributed by atoms with Crippen molar-refractivity contribution in [3.05, 3.63) is 34.3 Å².